The maximum Gasteiger partial charge on any atom is 0.197 e. The Hall–Kier alpha value is -0.690. The summed E-state index contributed by atoms with van der Waals surface area (Å²) in [6.45, 7) is 0. The summed E-state index contributed by atoms with van der Waals surface area (Å²) < 4.78 is 1.69. The van der Waals surface area contributed by atoms with Crippen LogP contribution in [0.1, 0.15) is 15.9 Å². The summed E-state index contributed by atoms with van der Waals surface area (Å²) in [5.41, 5.74) is 1.75. The molecule has 0 bridgehead atoms. The molecule has 0 aromatic carbocycles. The predicted octanol–water partition coefficient (Wildman–Crippen LogP) is 5.03. The monoisotopic (exact) mass is 418 g/mol. The second-order valence-electron chi connectivity index (χ2n) is 3.79. The summed E-state index contributed by atoms with van der Waals surface area (Å²) in [6.07, 6.45) is 3.25. The molecule has 96 valence electrons. The van der Waals surface area contributed by atoms with Gasteiger partial charge < -0.3 is 4.98 Å². The Balaban J connectivity index is 2.20. The van der Waals surface area contributed by atoms with Crippen LogP contribution in [0.15, 0.2) is 32.1 Å². The number of halogens is 3. The van der Waals surface area contributed by atoms with E-state index in [2.05, 4.69) is 41.8 Å². The van der Waals surface area contributed by atoms with Crippen molar-refractivity contribution >= 4 is 71.6 Å². The number of ketones is 1. The van der Waals surface area contributed by atoms with E-state index in [-0.39, 0.29) is 5.78 Å². The van der Waals surface area contributed by atoms with Gasteiger partial charge in [-0.1, -0.05) is 11.6 Å². The van der Waals surface area contributed by atoms with E-state index in [9.17, 15) is 4.79 Å². The lowest BCUT2D eigenvalue weighted by Gasteiger charge is -1.99. The molecule has 0 saturated carbocycles. The fourth-order valence-electron chi connectivity index (χ4n) is 1.84. The van der Waals surface area contributed by atoms with Gasteiger partial charge in [-0.2, -0.15) is 0 Å². The van der Waals surface area contributed by atoms with Crippen LogP contribution < -0.4 is 0 Å². The van der Waals surface area contributed by atoms with E-state index in [0.29, 0.717) is 27.2 Å². The molecule has 3 heterocycles. The van der Waals surface area contributed by atoms with Crippen LogP contribution in [0.4, 0.5) is 0 Å². The molecule has 0 aliphatic heterocycles. The molecule has 1 N–H and O–H groups in total. The van der Waals surface area contributed by atoms with Crippen LogP contribution >= 0.6 is 54.8 Å². The molecule has 0 fully saturated rings. The second-order valence-corrected chi connectivity index (χ2v) is 7.94. The number of rotatable bonds is 2. The molecular weight excluding hydrogens is 415 g/mol. The minimum atomic E-state index is -0.0880. The SMILES string of the molecule is O=C(c1cc(Br)sc1Br)c1c[nH]c2nccc(Cl)c12. The van der Waals surface area contributed by atoms with Gasteiger partial charge in [-0.3, -0.25) is 4.79 Å². The first-order valence-corrected chi connectivity index (χ1v) is 7.97. The van der Waals surface area contributed by atoms with Crippen molar-refractivity contribution in [1.82, 2.24) is 9.97 Å². The molecule has 0 aliphatic rings. The Bertz CT molecular complexity index is 796. The summed E-state index contributed by atoms with van der Waals surface area (Å²) >= 11 is 14.4. The van der Waals surface area contributed by atoms with Gasteiger partial charge in [-0.05, 0) is 44.0 Å². The Kier molecular flexibility index (Phi) is 3.51. The Labute approximate surface area is 134 Å². The van der Waals surface area contributed by atoms with Crippen molar-refractivity contribution < 1.29 is 4.79 Å². The normalized spacial score (nSPS) is 11.1. The summed E-state index contributed by atoms with van der Waals surface area (Å²) in [4.78, 5) is 19.7. The number of nitrogens with one attached hydrogen (secondary N) is 1. The maximum absolute atomic E-state index is 12.6. The van der Waals surface area contributed by atoms with Gasteiger partial charge in [0.05, 0.1) is 18.2 Å². The molecular formula is C12H5Br2ClN2OS. The van der Waals surface area contributed by atoms with Crippen LogP contribution in [0.25, 0.3) is 11.0 Å². The largest absolute Gasteiger partial charge is 0.345 e. The molecule has 0 unspecified atom stereocenters. The number of aromatic nitrogens is 2. The number of aromatic amines is 1. The zero-order chi connectivity index (χ0) is 13.6. The minimum Gasteiger partial charge on any atom is -0.345 e. The molecule has 3 aromatic heterocycles. The van der Waals surface area contributed by atoms with Gasteiger partial charge in [0.15, 0.2) is 5.78 Å². The van der Waals surface area contributed by atoms with Crippen LogP contribution in [-0.4, -0.2) is 15.8 Å². The lowest BCUT2D eigenvalue weighted by molar-refractivity contribution is 0.104. The first-order valence-electron chi connectivity index (χ1n) is 5.19. The summed E-state index contributed by atoms with van der Waals surface area (Å²) in [5.74, 6) is -0.0880. The van der Waals surface area contributed by atoms with E-state index < -0.39 is 0 Å². The molecule has 19 heavy (non-hydrogen) atoms. The molecule has 3 aromatic rings. The van der Waals surface area contributed by atoms with Crippen LogP contribution in [0.2, 0.25) is 5.02 Å². The molecule has 7 heteroatoms. The van der Waals surface area contributed by atoms with E-state index in [4.69, 9.17) is 11.6 Å². The van der Waals surface area contributed by atoms with Gasteiger partial charge in [0.25, 0.3) is 0 Å². The van der Waals surface area contributed by atoms with Gasteiger partial charge in [0.1, 0.15) is 5.65 Å². The van der Waals surface area contributed by atoms with Crippen molar-refractivity contribution in [2.45, 2.75) is 0 Å². The minimum absolute atomic E-state index is 0.0880. The van der Waals surface area contributed by atoms with Crippen LogP contribution in [0.3, 0.4) is 0 Å². The van der Waals surface area contributed by atoms with Crippen LogP contribution in [0, 0.1) is 0 Å². The number of hydrogen-bond donors (Lipinski definition) is 1. The smallest absolute Gasteiger partial charge is 0.197 e. The standard InChI is InChI=1S/C12H5Br2ClN2OS/c13-8-3-5(11(14)19-8)10(18)6-4-17-12-9(6)7(15)1-2-16-12/h1-4H,(H,16,17). The average molecular weight is 421 g/mol. The van der Waals surface area contributed by atoms with E-state index >= 15 is 0 Å². The van der Waals surface area contributed by atoms with E-state index in [0.717, 1.165) is 7.57 Å². The number of pyridine rings is 1. The molecule has 3 nitrogen and oxygen atoms in total. The van der Waals surface area contributed by atoms with Crippen molar-refractivity contribution in [3.05, 3.63) is 48.2 Å². The molecule has 0 aliphatic carbocycles. The van der Waals surface area contributed by atoms with Gasteiger partial charge in [-0.15, -0.1) is 11.3 Å². The van der Waals surface area contributed by atoms with Crippen LogP contribution in [0.5, 0.6) is 0 Å². The number of H-pyrrole nitrogens is 1. The number of thiophene rings is 1. The lowest BCUT2D eigenvalue weighted by Crippen LogP contribution is -1.99. The highest BCUT2D eigenvalue weighted by Crippen LogP contribution is 2.35. The highest BCUT2D eigenvalue weighted by molar-refractivity contribution is 9.12. The Morgan fingerprint density at radius 3 is 2.84 bits per heavy atom. The topological polar surface area (TPSA) is 45.8 Å². The summed E-state index contributed by atoms with van der Waals surface area (Å²) in [7, 11) is 0. The number of nitrogens with zero attached hydrogens (tertiary/aromatic N) is 1. The summed E-state index contributed by atoms with van der Waals surface area (Å²) in [5, 5.41) is 1.17. The van der Waals surface area contributed by atoms with E-state index in [1.165, 1.54) is 11.3 Å². The van der Waals surface area contributed by atoms with Crippen molar-refractivity contribution in [2.75, 3.05) is 0 Å². The fourth-order valence-corrected chi connectivity index (χ4v) is 4.88. The van der Waals surface area contributed by atoms with Crippen molar-refractivity contribution in [1.29, 1.82) is 0 Å². The molecule has 0 spiro atoms. The van der Waals surface area contributed by atoms with Crippen molar-refractivity contribution in [2.24, 2.45) is 0 Å². The summed E-state index contributed by atoms with van der Waals surface area (Å²) in [6, 6.07) is 3.47. The van der Waals surface area contributed by atoms with Crippen molar-refractivity contribution in [3.63, 3.8) is 0 Å². The van der Waals surface area contributed by atoms with E-state index in [1.807, 2.05) is 0 Å². The van der Waals surface area contributed by atoms with Gasteiger partial charge in [0, 0.05) is 23.3 Å². The molecule has 0 amide bonds. The highest BCUT2D eigenvalue weighted by atomic mass is 79.9. The number of carbonyl (C=O) groups is 1. The third kappa shape index (κ3) is 2.27. The lowest BCUT2D eigenvalue weighted by atomic mass is 10.1. The molecule has 3 rings (SSSR count). The van der Waals surface area contributed by atoms with E-state index in [1.54, 1.807) is 24.5 Å². The zero-order valence-electron chi connectivity index (χ0n) is 9.21. The predicted molar refractivity (Wildman–Crippen MR) is 84.3 cm³/mol. The first kappa shape index (κ1) is 13.3. The molecule has 0 saturated heterocycles. The number of hydrogen-bond acceptors (Lipinski definition) is 3. The van der Waals surface area contributed by atoms with Gasteiger partial charge in [-0.25, -0.2) is 4.98 Å². The molecule has 0 radical (unpaired) electrons. The maximum atomic E-state index is 12.6. The van der Waals surface area contributed by atoms with Gasteiger partial charge in [0.2, 0.25) is 0 Å². The number of carbonyl (C=O) groups excluding carboxylic acids is 1. The third-order valence-corrected chi connectivity index (χ3v) is 5.32. The fraction of sp³-hybridized carbons (Fsp3) is 0. The average Bonchev–Trinajstić information content (AvgIpc) is 2.93. The zero-order valence-corrected chi connectivity index (χ0v) is 14.0. The quantitative estimate of drug-likeness (QED) is 0.591. The second kappa shape index (κ2) is 5.01. The van der Waals surface area contributed by atoms with Crippen LogP contribution in [-0.2, 0) is 0 Å². The Morgan fingerprint density at radius 2 is 2.16 bits per heavy atom. The number of fused-ring (bicyclic) bond motifs is 1. The third-order valence-electron chi connectivity index (χ3n) is 2.67. The highest BCUT2D eigenvalue weighted by Gasteiger charge is 2.20. The van der Waals surface area contributed by atoms with Crippen molar-refractivity contribution in [3.8, 4) is 0 Å². The first-order chi connectivity index (χ1) is 9.08. The van der Waals surface area contributed by atoms with Gasteiger partial charge >= 0.3 is 0 Å². The Morgan fingerprint density at radius 1 is 1.37 bits per heavy atom. The molecule has 0 atom stereocenters.